The number of carbonyl (C=O) groups is 5. The Hall–Kier alpha value is -12.3. The molecule has 0 spiro atoms. The summed E-state index contributed by atoms with van der Waals surface area (Å²) in [5.74, 6) is 1.66. The predicted molar refractivity (Wildman–Crippen MR) is 339 cm³/mol. The maximum absolute atomic E-state index is 12.6. The molecule has 0 radical (unpaired) electrons. The van der Waals surface area contributed by atoms with Crippen LogP contribution in [0.15, 0.2) is 146 Å². The molecule has 6 aromatic heterocycles. The van der Waals surface area contributed by atoms with Crippen LogP contribution in [0.1, 0.15) is 69.9 Å². The Morgan fingerprint density at radius 2 is 1.00 bits per heavy atom. The topological polar surface area (TPSA) is 414 Å². The maximum Gasteiger partial charge on any atom is 0.410 e. The molecule has 482 valence electrons. The van der Waals surface area contributed by atoms with Crippen LogP contribution >= 0.6 is 0 Å². The molecule has 94 heavy (non-hydrogen) atoms. The molecule has 6 N–H and O–H groups in total. The highest BCUT2D eigenvalue weighted by Gasteiger charge is 2.28. The SMILES string of the molecule is C/C=C/C(=O)Nc1nn[nH]n1.CC(C)(C)OC(=O)N1CCN(C(=O)c2ccc(-c3nn[nH]n3)cc2)CC1.CN1CCN(C(=O)c2ccc(-c3nn[nH]n3)cc2)CC1.Cc1ccc(-c2nn[nH]n2)c2ccccc12.O=C(OCc1cccnc1)c1ccc(-c2nn[nH]n2)cc1. The van der Waals surface area contributed by atoms with Crippen LogP contribution in [0.3, 0.4) is 0 Å². The van der Waals surface area contributed by atoms with Gasteiger partial charge in [-0.15, -0.1) is 45.9 Å². The van der Waals surface area contributed by atoms with Gasteiger partial charge in [0.15, 0.2) is 0 Å². The van der Waals surface area contributed by atoms with Gasteiger partial charge in [-0.3, -0.25) is 24.7 Å². The van der Waals surface area contributed by atoms with Gasteiger partial charge in [-0.25, -0.2) is 9.59 Å². The first-order valence-corrected chi connectivity index (χ1v) is 29.3. The number of ether oxygens (including phenoxy) is 2. The zero-order valence-electron chi connectivity index (χ0n) is 52.0. The minimum absolute atomic E-state index is 0.0616. The van der Waals surface area contributed by atoms with E-state index in [1.807, 2.05) is 74.2 Å². The molecular weight excluding hydrogens is 1210 g/mol. The molecule has 2 aliphatic rings. The number of hydrogen-bond acceptors (Lipinski definition) is 24. The molecule has 33 nitrogen and oxygen atoms in total. The zero-order valence-corrected chi connectivity index (χ0v) is 52.0. The quantitative estimate of drug-likeness (QED) is 0.0690. The smallest absolute Gasteiger partial charge is 0.410 e. The lowest BCUT2D eigenvalue weighted by molar-refractivity contribution is -0.112. The average Bonchev–Trinajstić information content (AvgIpc) is 0.998. The number of likely N-dealkylation sites (N-methyl/N-ethyl adjacent to an activating group) is 1. The highest BCUT2D eigenvalue weighted by molar-refractivity contribution is 5.98. The van der Waals surface area contributed by atoms with Crippen molar-refractivity contribution in [2.45, 2.75) is 46.8 Å². The summed E-state index contributed by atoms with van der Waals surface area (Å²) in [5, 5.41) is 72.5. The summed E-state index contributed by atoms with van der Waals surface area (Å²) < 4.78 is 10.6. The maximum atomic E-state index is 12.6. The molecule has 0 unspecified atom stereocenters. The van der Waals surface area contributed by atoms with Gasteiger partial charge in [0.05, 0.1) is 5.56 Å². The summed E-state index contributed by atoms with van der Waals surface area (Å²) in [7, 11) is 2.07. The van der Waals surface area contributed by atoms with Crippen molar-refractivity contribution >= 4 is 46.5 Å². The van der Waals surface area contributed by atoms with Crippen LogP contribution in [0.5, 0.6) is 0 Å². The first-order valence-electron chi connectivity index (χ1n) is 29.3. The van der Waals surface area contributed by atoms with Gasteiger partial charge in [0, 0.05) is 104 Å². The van der Waals surface area contributed by atoms with E-state index in [0.717, 1.165) is 59.4 Å². The number of anilines is 1. The summed E-state index contributed by atoms with van der Waals surface area (Å²) in [6, 6.07) is 37.2. The molecule has 0 bridgehead atoms. The van der Waals surface area contributed by atoms with Gasteiger partial charge in [-0.1, -0.05) is 90.0 Å². The Morgan fingerprint density at radius 3 is 1.46 bits per heavy atom. The first-order chi connectivity index (χ1) is 45.6. The van der Waals surface area contributed by atoms with Crippen LogP contribution in [0, 0.1) is 6.92 Å². The average molecular weight is 1280 g/mol. The number of amides is 4. The van der Waals surface area contributed by atoms with E-state index < -0.39 is 11.6 Å². The largest absolute Gasteiger partial charge is 0.457 e. The lowest BCUT2D eigenvalue weighted by Gasteiger charge is -2.35. The van der Waals surface area contributed by atoms with E-state index in [0.29, 0.717) is 66.2 Å². The third-order valence-corrected chi connectivity index (χ3v) is 13.9. The Bertz CT molecular complexity index is 4160. The fourth-order valence-corrected chi connectivity index (χ4v) is 9.08. The summed E-state index contributed by atoms with van der Waals surface area (Å²) in [5.41, 5.74) is 6.72. The van der Waals surface area contributed by atoms with E-state index in [9.17, 15) is 24.0 Å². The molecule has 11 aromatic rings. The van der Waals surface area contributed by atoms with Crippen molar-refractivity contribution in [3.8, 4) is 45.6 Å². The second kappa shape index (κ2) is 32.4. The van der Waals surface area contributed by atoms with Gasteiger partial charge in [0.1, 0.15) is 12.2 Å². The highest BCUT2D eigenvalue weighted by atomic mass is 16.6. The van der Waals surface area contributed by atoms with E-state index in [4.69, 9.17) is 9.47 Å². The number of fused-ring (bicyclic) bond motifs is 1. The Morgan fingerprint density at radius 1 is 0.532 bits per heavy atom. The minimum Gasteiger partial charge on any atom is -0.457 e. The van der Waals surface area contributed by atoms with Crippen molar-refractivity contribution in [3.05, 3.63) is 174 Å². The van der Waals surface area contributed by atoms with Crippen molar-refractivity contribution < 1.29 is 33.4 Å². The van der Waals surface area contributed by atoms with E-state index in [1.54, 1.807) is 89.8 Å². The van der Waals surface area contributed by atoms with Crippen molar-refractivity contribution in [3.63, 3.8) is 0 Å². The number of aromatic nitrogens is 21. The monoisotopic (exact) mass is 1270 g/mol. The van der Waals surface area contributed by atoms with Gasteiger partial charge in [-0.2, -0.15) is 26.1 Å². The number of tetrazole rings is 5. The lowest BCUT2D eigenvalue weighted by Crippen LogP contribution is -2.51. The standard InChI is InChI=1S/C17H22N6O3.C14H11N5O2.C13H16N6O.C12H10N4.C5H7N5O/c1-17(2,3)26-16(25)23-10-8-22(9-11-23)15(24)13-6-4-12(5-7-13)14-18-20-21-19-14;20-14(21-9-10-2-1-7-15-8-10)12-5-3-11(4-6-12)13-16-18-19-17-13;1-18-6-8-19(9-7-18)13(20)11-4-2-10(3-5-11)12-14-16-17-15-12;1-8-6-7-11(12-13-15-16-14-12)10-5-3-2-4-9(8)10;1-2-3-4(11)6-5-7-9-10-8-5/h4-7H,8-11H2,1-3H3,(H,18,19,20,21);1-8H,9H2,(H,16,17,18,19);2-5H,6-9H2,1H3,(H,14,15,16,17);2-7H,1H3,(H,13,14,15,16);2-3H,1H3,(H2,6,7,8,9,10,11)/b;;;;3-2+. The van der Waals surface area contributed by atoms with Gasteiger partial charge >= 0.3 is 12.1 Å². The molecular formula is C61H66N26O7. The molecule has 0 aliphatic carbocycles. The van der Waals surface area contributed by atoms with Crippen molar-refractivity contribution in [2.24, 2.45) is 0 Å². The third-order valence-electron chi connectivity index (χ3n) is 13.9. The minimum atomic E-state index is -0.523. The molecule has 2 aliphatic heterocycles. The second-order valence-corrected chi connectivity index (χ2v) is 21.7. The Labute approximate surface area is 536 Å². The van der Waals surface area contributed by atoms with Gasteiger partial charge in [0.2, 0.25) is 29.2 Å². The highest BCUT2D eigenvalue weighted by Crippen LogP contribution is 2.28. The predicted octanol–water partition coefficient (Wildman–Crippen LogP) is 5.48. The van der Waals surface area contributed by atoms with Crippen molar-refractivity contribution in [1.82, 2.24) is 128 Å². The molecule has 2 fully saturated rings. The summed E-state index contributed by atoms with van der Waals surface area (Å²) in [6.07, 6.45) is 5.98. The molecule has 0 saturated carbocycles. The zero-order chi connectivity index (χ0) is 66.2. The van der Waals surface area contributed by atoms with Crippen LogP contribution in [0.2, 0.25) is 0 Å². The number of rotatable bonds is 11. The number of aromatic amines is 5. The molecule has 8 heterocycles. The number of aryl methyl sites for hydroxylation is 1. The number of esters is 1. The molecule has 33 heteroatoms. The lowest BCUT2D eigenvalue weighted by atomic mass is 10.0. The van der Waals surface area contributed by atoms with Crippen LogP contribution in [0.25, 0.3) is 56.3 Å². The van der Waals surface area contributed by atoms with E-state index in [1.165, 1.54) is 17.0 Å². The number of carbonyl (C=O) groups excluding carboxylic acids is 5. The Balaban J connectivity index is 0.000000142. The molecule has 4 amide bonds. The van der Waals surface area contributed by atoms with Gasteiger partial charge in [0.25, 0.3) is 17.8 Å². The molecule has 0 atom stereocenters. The van der Waals surface area contributed by atoms with Crippen molar-refractivity contribution in [1.29, 1.82) is 0 Å². The first kappa shape index (κ1) is 66.1. The van der Waals surface area contributed by atoms with Crippen LogP contribution in [-0.2, 0) is 20.9 Å². The summed E-state index contributed by atoms with van der Waals surface area (Å²) in [6.45, 7) is 14.8. The number of H-pyrrole nitrogens is 5. The fourth-order valence-electron chi connectivity index (χ4n) is 9.08. The van der Waals surface area contributed by atoms with E-state index in [2.05, 4.69) is 150 Å². The van der Waals surface area contributed by atoms with Gasteiger partial charge in [-0.05, 0) is 133 Å². The molecule has 13 rings (SSSR count). The van der Waals surface area contributed by atoms with Crippen molar-refractivity contribution in [2.75, 3.05) is 64.7 Å². The molecule has 5 aromatic carbocycles. The van der Waals surface area contributed by atoms with Crippen LogP contribution < -0.4 is 5.32 Å². The number of benzene rings is 5. The molecule has 2 saturated heterocycles. The van der Waals surface area contributed by atoms with E-state index in [-0.39, 0.29) is 36.4 Å². The summed E-state index contributed by atoms with van der Waals surface area (Å²) >= 11 is 0. The second-order valence-electron chi connectivity index (χ2n) is 21.7. The van der Waals surface area contributed by atoms with Crippen LogP contribution in [0.4, 0.5) is 10.7 Å². The third kappa shape index (κ3) is 18.9. The van der Waals surface area contributed by atoms with Crippen LogP contribution in [-0.4, -0.2) is 222 Å². The number of hydrogen-bond donors (Lipinski definition) is 6. The number of nitrogens with zero attached hydrogens (tertiary/aromatic N) is 20. The van der Waals surface area contributed by atoms with E-state index >= 15 is 0 Å². The number of piperazine rings is 2. The fraction of sp³-hybridized carbons (Fsp3) is 0.262. The number of nitrogens with one attached hydrogen (secondary N) is 6. The summed E-state index contributed by atoms with van der Waals surface area (Å²) in [4.78, 5) is 71.3. The Kier molecular flexibility index (Phi) is 22.8. The normalized spacial score (nSPS) is 13.0. The number of pyridine rings is 1. The number of allylic oxidation sites excluding steroid dienone is 1. The van der Waals surface area contributed by atoms with Gasteiger partial charge < -0.3 is 29.1 Å².